The monoisotopic (exact) mass is 328 g/mol. The zero-order valence-electron chi connectivity index (χ0n) is 11.2. The summed E-state index contributed by atoms with van der Waals surface area (Å²) in [5.74, 6) is -0.382. The molecule has 4 nitrogen and oxygen atoms in total. The summed E-state index contributed by atoms with van der Waals surface area (Å²) in [6.45, 7) is 1.82. The van der Waals surface area contributed by atoms with Crippen LogP contribution in [0.3, 0.4) is 0 Å². The normalized spacial score (nSPS) is 11.4. The van der Waals surface area contributed by atoms with E-state index in [2.05, 4.69) is 5.32 Å². The highest BCUT2D eigenvalue weighted by molar-refractivity contribution is 7.89. The topological polar surface area (TPSA) is 72.2 Å². The molecule has 0 spiro atoms. The molecule has 21 heavy (non-hydrogen) atoms. The van der Waals surface area contributed by atoms with E-state index < -0.39 is 10.0 Å². The molecule has 0 aliphatic rings. The van der Waals surface area contributed by atoms with Crippen LogP contribution in [0.4, 0.5) is 10.1 Å². The number of rotatable bonds is 4. The summed E-state index contributed by atoms with van der Waals surface area (Å²) in [6, 6.07) is 8.97. The molecule has 0 aromatic heterocycles. The van der Waals surface area contributed by atoms with Crippen molar-refractivity contribution >= 4 is 27.3 Å². The first-order chi connectivity index (χ1) is 9.79. The number of anilines is 1. The Kier molecular flexibility index (Phi) is 4.51. The fourth-order valence-electron chi connectivity index (χ4n) is 1.98. The van der Waals surface area contributed by atoms with Crippen molar-refractivity contribution < 1.29 is 12.8 Å². The largest absolute Gasteiger partial charge is 0.381 e. The average Bonchev–Trinajstić information content (AvgIpc) is 2.40. The van der Waals surface area contributed by atoms with Gasteiger partial charge in [-0.15, -0.1) is 0 Å². The van der Waals surface area contributed by atoms with Gasteiger partial charge in [-0.05, 0) is 42.8 Å². The fourth-order valence-corrected chi connectivity index (χ4v) is 2.98. The summed E-state index contributed by atoms with van der Waals surface area (Å²) in [4.78, 5) is 0.0408. The summed E-state index contributed by atoms with van der Waals surface area (Å²) in [5.41, 5.74) is 1.45. The van der Waals surface area contributed by atoms with Gasteiger partial charge in [-0.25, -0.2) is 17.9 Å². The molecule has 0 radical (unpaired) electrons. The third-order valence-electron chi connectivity index (χ3n) is 3.07. The highest BCUT2D eigenvalue weighted by atomic mass is 35.5. The summed E-state index contributed by atoms with van der Waals surface area (Å²) in [5, 5.41) is 8.57. The number of benzene rings is 2. The van der Waals surface area contributed by atoms with Crippen LogP contribution < -0.4 is 10.5 Å². The standard InChI is InChI=1S/C14H14ClFN2O2S/c1-9-13(3-2-4-14(9)21(17,19)20)18-8-10-7-11(15)5-6-12(10)16/h2-7,18H,8H2,1H3,(H2,17,19,20). The van der Waals surface area contributed by atoms with E-state index in [1.54, 1.807) is 19.1 Å². The second-order valence-electron chi connectivity index (χ2n) is 4.56. The first-order valence-corrected chi connectivity index (χ1v) is 8.01. The molecule has 2 aromatic carbocycles. The molecule has 7 heteroatoms. The predicted octanol–water partition coefficient (Wildman–Crippen LogP) is 3.05. The van der Waals surface area contributed by atoms with E-state index in [1.807, 2.05) is 0 Å². The number of hydrogen-bond donors (Lipinski definition) is 2. The second-order valence-corrected chi connectivity index (χ2v) is 6.53. The summed E-state index contributed by atoms with van der Waals surface area (Å²) >= 11 is 5.82. The first-order valence-electron chi connectivity index (χ1n) is 6.09. The summed E-state index contributed by atoms with van der Waals surface area (Å²) < 4.78 is 36.5. The number of nitrogens with two attached hydrogens (primary N) is 1. The fraction of sp³-hybridized carbons (Fsp3) is 0.143. The van der Waals surface area contributed by atoms with Crippen LogP contribution in [-0.2, 0) is 16.6 Å². The van der Waals surface area contributed by atoms with Gasteiger partial charge in [0.25, 0.3) is 0 Å². The van der Waals surface area contributed by atoms with Crippen molar-refractivity contribution in [1.29, 1.82) is 0 Å². The highest BCUT2D eigenvalue weighted by Gasteiger charge is 2.13. The minimum atomic E-state index is -3.79. The van der Waals surface area contributed by atoms with Gasteiger partial charge in [0.1, 0.15) is 5.82 Å². The van der Waals surface area contributed by atoms with Gasteiger partial charge in [-0.1, -0.05) is 17.7 Å². The van der Waals surface area contributed by atoms with E-state index in [0.717, 1.165) is 0 Å². The summed E-state index contributed by atoms with van der Waals surface area (Å²) in [7, 11) is -3.79. The van der Waals surface area contributed by atoms with Crippen LogP contribution in [0.25, 0.3) is 0 Å². The van der Waals surface area contributed by atoms with Crippen LogP contribution >= 0.6 is 11.6 Å². The van der Waals surface area contributed by atoms with Crippen LogP contribution in [-0.4, -0.2) is 8.42 Å². The molecule has 0 aliphatic carbocycles. The minimum absolute atomic E-state index is 0.0408. The molecule has 0 aliphatic heterocycles. The Morgan fingerprint density at radius 1 is 1.29 bits per heavy atom. The second kappa shape index (κ2) is 6.01. The lowest BCUT2D eigenvalue weighted by Crippen LogP contribution is -2.14. The molecule has 112 valence electrons. The molecule has 2 rings (SSSR count). The highest BCUT2D eigenvalue weighted by Crippen LogP contribution is 2.23. The molecule has 0 atom stereocenters. The number of halogens is 2. The van der Waals surface area contributed by atoms with E-state index in [1.165, 1.54) is 24.3 Å². The molecule has 0 amide bonds. The lowest BCUT2D eigenvalue weighted by atomic mass is 10.1. The quantitative estimate of drug-likeness (QED) is 0.906. The predicted molar refractivity (Wildman–Crippen MR) is 81.3 cm³/mol. The molecule has 0 unspecified atom stereocenters. The third-order valence-corrected chi connectivity index (χ3v) is 4.36. The Balaban J connectivity index is 2.27. The van der Waals surface area contributed by atoms with Crippen LogP contribution in [0.5, 0.6) is 0 Å². The molecular weight excluding hydrogens is 315 g/mol. The number of primary sulfonamides is 1. The van der Waals surface area contributed by atoms with Crippen molar-refractivity contribution in [2.45, 2.75) is 18.4 Å². The molecule has 0 saturated carbocycles. The molecule has 0 fully saturated rings. The van der Waals surface area contributed by atoms with Gasteiger partial charge < -0.3 is 5.32 Å². The average molecular weight is 329 g/mol. The Bertz CT molecular complexity index is 779. The van der Waals surface area contributed by atoms with Crippen molar-refractivity contribution in [3.05, 3.63) is 58.4 Å². The number of nitrogens with one attached hydrogen (secondary N) is 1. The first kappa shape index (κ1) is 15.8. The SMILES string of the molecule is Cc1c(NCc2cc(Cl)ccc2F)cccc1S(N)(=O)=O. The Labute approximate surface area is 127 Å². The van der Waals surface area contributed by atoms with Crippen LogP contribution in [0.1, 0.15) is 11.1 Å². The minimum Gasteiger partial charge on any atom is -0.381 e. The molecule has 0 saturated heterocycles. The van der Waals surface area contributed by atoms with Crippen molar-refractivity contribution in [3.63, 3.8) is 0 Å². The molecule has 3 N–H and O–H groups in total. The maximum atomic E-state index is 13.6. The van der Waals surface area contributed by atoms with Gasteiger partial charge in [0.05, 0.1) is 4.90 Å². The maximum absolute atomic E-state index is 13.6. The third kappa shape index (κ3) is 3.72. The number of sulfonamides is 1. The van der Waals surface area contributed by atoms with E-state index in [-0.39, 0.29) is 17.3 Å². The molecular formula is C14H14ClFN2O2S. The Morgan fingerprint density at radius 2 is 2.00 bits per heavy atom. The van der Waals surface area contributed by atoms with Crippen LogP contribution in [0.15, 0.2) is 41.3 Å². The molecule has 0 heterocycles. The van der Waals surface area contributed by atoms with Crippen molar-refractivity contribution in [2.24, 2.45) is 5.14 Å². The van der Waals surface area contributed by atoms with Crippen molar-refractivity contribution in [3.8, 4) is 0 Å². The van der Waals surface area contributed by atoms with Crippen molar-refractivity contribution in [1.82, 2.24) is 0 Å². The van der Waals surface area contributed by atoms with Crippen molar-refractivity contribution in [2.75, 3.05) is 5.32 Å². The lowest BCUT2D eigenvalue weighted by Gasteiger charge is -2.13. The van der Waals surface area contributed by atoms with Gasteiger partial charge >= 0.3 is 0 Å². The number of hydrogen-bond acceptors (Lipinski definition) is 3. The van der Waals surface area contributed by atoms with Gasteiger partial charge in [0.2, 0.25) is 10.0 Å². The Morgan fingerprint density at radius 3 is 2.67 bits per heavy atom. The van der Waals surface area contributed by atoms with E-state index in [0.29, 0.717) is 21.8 Å². The molecule has 0 bridgehead atoms. The van der Waals surface area contributed by atoms with E-state index in [4.69, 9.17) is 16.7 Å². The zero-order chi connectivity index (χ0) is 15.6. The van der Waals surface area contributed by atoms with Crippen LogP contribution in [0.2, 0.25) is 5.02 Å². The van der Waals surface area contributed by atoms with Gasteiger partial charge in [-0.3, -0.25) is 0 Å². The van der Waals surface area contributed by atoms with Gasteiger partial charge in [0.15, 0.2) is 0 Å². The maximum Gasteiger partial charge on any atom is 0.238 e. The van der Waals surface area contributed by atoms with Gasteiger partial charge in [0, 0.05) is 22.8 Å². The smallest absolute Gasteiger partial charge is 0.238 e. The Hall–Kier alpha value is -1.63. The van der Waals surface area contributed by atoms with E-state index in [9.17, 15) is 12.8 Å². The van der Waals surface area contributed by atoms with E-state index >= 15 is 0 Å². The van der Waals surface area contributed by atoms with Gasteiger partial charge in [-0.2, -0.15) is 0 Å². The summed E-state index contributed by atoms with van der Waals surface area (Å²) in [6.07, 6.45) is 0. The molecule has 2 aromatic rings. The van der Waals surface area contributed by atoms with Crippen LogP contribution in [0, 0.1) is 12.7 Å². The lowest BCUT2D eigenvalue weighted by molar-refractivity contribution is 0.597. The zero-order valence-corrected chi connectivity index (χ0v) is 12.8.